The number of halogens is 1. The third kappa shape index (κ3) is 9.46. The van der Waals surface area contributed by atoms with Crippen molar-refractivity contribution in [1.29, 1.82) is 10.5 Å². The number of likely N-dealkylation sites (tertiary alicyclic amines) is 1. The van der Waals surface area contributed by atoms with Gasteiger partial charge < -0.3 is 34.9 Å². The predicted octanol–water partition coefficient (Wildman–Crippen LogP) is 7.30. The van der Waals surface area contributed by atoms with E-state index in [1.807, 2.05) is 18.2 Å². The van der Waals surface area contributed by atoms with Crippen LogP contribution in [0.15, 0.2) is 66.7 Å². The average Bonchev–Trinajstić information content (AvgIpc) is 3.83. The molecular weight excluding hydrogens is 726 g/mol. The number of carbonyl (C=O) groups excluding carboxylic acids is 1. The highest BCUT2D eigenvalue weighted by Crippen LogP contribution is 2.44. The maximum absolute atomic E-state index is 11.7. The molecule has 2 fully saturated rings. The normalized spacial score (nSPS) is 18.2. The van der Waals surface area contributed by atoms with Gasteiger partial charge in [-0.05, 0) is 109 Å². The summed E-state index contributed by atoms with van der Waals surface area (Å²) >= 11 is 6.93. The molecule has 2 saturated heterocycles. The number of aliphatic hydroxyl groups is 1. The number of piperidine rings is 1. The Morgan fingerprint density at radius 1 is 0.911 bits per heavy atom. The molecule has 11 heteroatoms. The van der Waals surface area contributed by atoms with Crippen LogP contribution in [0.1, 0.15) is 83.6 Å². The van der Waals surface area contributed by atoms with Gasteiger partial charge in [-0.1, -0.05) is 41.9 Å². The van der Waals surface area contributed by atoms with Crippen LogP contribution in [0.3, 0.4) is 0 Å². The van der Waals surface area contributed by atoms with Gasteiger partial charge in [-0.3, -0.25) is 4.79 Å². The molecule has 3 aliphatic rings. The minimum atomic E-state index is -0.216. The first kappa shape index (κ1) is 39.1. The molecule has 1 aliphatic carbocycles. The first-order valence-corrected chi connectivity index (χ1v) is 20.0. The van der Waals surface area contributed by atoms with Crippen LogP contribution in [-0.4, -0.2) is 60.8 Å². The molecular formula is C45H48ClN5O5. The van der Waals surface area contributed by atoms with E-state index in [1.165, 1.54) is 11.1 Å². The lowest BCUT2D eigenvalue weighted by atomic mass is 9.93. The fourth-order valence-electron chi connectivity index (χ4n) is 8.04. The van der Waals surface area contributed by atoms with Gasteiger partial charge in [-0.15, -0.1) is 0 Å². The summed E-state index contributed by atoms with van der Waals surface area (Å²) in [7, 11) is 0. The molecule has 0 spiro atoms. The van der Waals surface area contributed by atoms with Crippen LogP contribution < -0.4 is 24.8 Å². The molecule has 0 radical (unpaired) electrons. The lowest BCUT2D eigenvalue weighted by molar-refractivity contribution is -0.119. The van der Waals surface area contributed by atoms with Crippen molar-refractivity contribution in [3.63, 3.8) is 0 Å². The molecule has 0 saturated carbocycles. The summed E-state index contributed by atoms with van der Waals surface area (Å²) in [5, 5.41) is 35.7. The molecule has 7 rings (SSSR count). The van der Waals surface area contributed by atoms with E-state index in [-0.39, 0.29) is 30.8 Å². The quantitative estimate of drug-likeness (QED) is 0.106. The summed E-state index contributed by atoms with van der Waals surface area (Å²) in [6.45, 7) is 6.81. The Kier molecular flexibility index (Phi) is 12.7. The molecule has 4 aromatic rings. The number of nitrogens with one attached hydrogen (secondary N) is 2. The monoisotopic (exact) mass is 773 g/mol. The van der Waals surface area contributed by atoms with E-state index in [1.54, 1.807) is 18.2 Å². The number of hydrogen-bond acceptors (Lipinski definition) is 9. The van der Waals surface area contributed by atoms with Crippen LogP contribution in [0, 0.1) is 29.6 Å². The maximum atomic E-state index is 11.7. The number of nitriles is 2. The van der Waals surface area contributed by atoms with Gasteiger partial charge in [0.1, 0.15) is 30.0 Å². The summed E-state index contributed by atoms with van der Waals surface area (Å²) < 4.78 is 19.4. The third-order valence-electron chi connectivity index (χ3n) is 11.0. The van der Waals surface area contributed by atoms with Gasteiger partial charge in [0.05, 0.1) is 41.0 Å². The minimum absolute atomic E-state index is 0.0673. The molecule has 2 heterocycles. The Hall–Kier alpha value is -5.10. The number of fused-ring (bicyclic) bond motifs is 1. The van der Waals surface area contributed by atoms with E-state index in [4.69, 9.17) is 25.8 Å². The van der Waals surface area contributed by atoms with Gasteiger partial charge in [0, 0.05) is 56.8 Å². The van der Waals surface area contributed by atoms with Gasteiger partial charge in [-0.2, -0.15) is 10.5 Å². The van der Waals surface area contributed by atoms with Crippen molar-refractivity contribution < 1.29 is 24.1 Å². The second-order valence-electron chi connectivity index (χ2n) is 15.0. The predicted molar refractivity (Wildman–Crippen MR) is 215 cm³/mol. The highest BCUT2D eigenvalue weighted by molar-refractivity contribution is 6.32. The maximum Gasteiger partial charge on any atom is 0.220 e. The van der Waals surface area contributed by atoms with Crippen molar-refractivity contribution in [1.82, 2.24) is 15.5 Å². The standard InChI is InChI=1S/C45H48ClN5O5/c1-29-36(5-3-8-41(29)54-18-4-15-51-16-13-35(52)14-17-51)37-6-2-7-39-38(37)10-11-42(39)56-44-23-43(55-28-32-20-30(24-47)19-31(21-32)25-48)33(22-40(44)46)26-49-27-34-9-12-45(53)50-34/h2-3,5-8,19-23,34-35,42,49,52H,4,9-18,26-28H2,1H3,(H,50,53)/t34-,42+/m1/s1. The van der Waals surface area contributed by atoms with E-state index in [0.29, 0.717) is 59.3 Å². The molecule has 4 aromatic carbocycles. The molecule has 3 N–H and O–H groups in total. The van der Waals surface area contributed by atoms with Crippen LogP contribution in [0.4, 0.5) is 0 Å². The number of amides is 1. The zero-order valence-electron chi connectivity index (χ0n) is 31.8. The van der Waals surface area contributed by atoms with Crippen LogP contribution >= 0.6 is 11.6 Å². The highest BCUT2D eigenvalue weighted by atomic mass is 35.5. The number of ether oxygens (including phenoxy) is 3. The smallest absolute Gasteiger partial charge is 0.220 e. The lowest BCUT2D eigenvalue weighted by Gasteiger charge is -2.29. The fourth-order valence-corrected chi connectivity index (χ4v) is 8.27. The van der Waals surface area contributed by atoms with Crippen molar-refractivity contribution in [3.8, 4) is 40.5 Å². The van der Waals surface area contributed by atoms with Gasteiger partial charge in [0.15, 0.2) is 0 Å². The van der Waals surface area contributed by atoms with Crippen LogP contribution in [0.2, 0.25) is 5.02 Å². The number of benzene rings is 4. The average molecular weight is 774 g/mol. The summed E-state index contributed by atoms with van der Waals surface area (Å²) in [6.07, 6.45) is 5.20. The molecule has 290 valence electrons. The molecule has 2 aliphatic heterocycles. The fraction of sp³-hybridized carbons (Fsp3) is 0.400. The van der Waals surface area contributed by atoms with Crippen molar-refractivity contribution >= 4 is 17.5 Å². The first-order chi connectivity index (χ1) is 27.3. The molecule has 10 nitrogen and oxygen atoms in total. The number of nitrogens with zero attached hydrogens (tertiary/aromatic N) is 3. The Morgan fingerprint density at radius 2 is 1.68 bits per heavy atom. The van der Waals surface area contributed by atoms with Gasteiger partial charge in [-0.25, -0.2) is 0 Å². The third-order valence-corrected chi connectivity index (χ3v) is 11.3. The van der Waals surface area contributed by atoms with Crippen LogP contribution in [-0.2, 0) is 24.4 Å². The van der Waals surface area contributed by atoms with E-state index >= 15 is 0 Å². The minimum Gasteiger partial charge on any atom is -0.493 e. The zero-order valence-corrected chi connectivity index (χ0v) is 32.5. The van der Waals surface area contributed by atoms with Gasteiger partial charge in [0.25, 0.3) is 0 Å². The van der Waals surface area contributed by atoms with Crippen LogP contribution in [0.25, 0.3) is 11.1 Å². The topological polar surface area (TPSA) is 140 Å². The first-order valence-electron chi connectivity index (χ1n) is 19.6. The molecule has 0 bridgehead atoms. The van der Waals surface area contributed by atoms with Gasteiger partial charge >= 0.3 is 0 Å². The van der Waals surface area contributed by atoms with E-state index in [9.17, 15) is 20.4 Å². The zero-order chi connectivity index (χ0) is 39.0. The van der Waals surface area contributed by atoms with Crippen LogP contribution in [0.5, 0.6) is 17.2 Å². The summed E-state index contributed by atoms with van der Waals surface area (Å²) in [6, 6.07) is 25.6. The molecule has 0 aromatic heterocycles. The molecule has 2 atom stereocenters. The van der Waals surface area contributed by atoms with E-state index in [2.05, 4.69) is 64.9 Å². The van der Waals surface area contributed by atoms with Gasteiger partial charge in [0.2, 0.25) is 5.91 Å². The summed E-state index contributed by atoms with van der Waals surface area (Å²) in [5.41, 5.74) is 8.11. The Labute approximate surface area is 333 Å². The number of hydrogen-bond donors (Lipinski definition) is 3. The largest absolute Gasteiger partial charge is 0.493 e. The number of carbonyl (C=O) groups is 1. The second-order valence-corrected chi connectivity index (χ2v) is 15.4. The van der Waals surface area contributed by atoms with Crippen molar-refractivity contribution in [2.75, 3.05) is 32.8 Å². The Morgan fingerprint density at radius 3 is 2.43 bits per heavy atom. The summed E-state index contributed by atoms with van der Waals surface area (Å²) in [4.78, 5) is 14.1. The van der Waals surface area contributed by atoms with E-state index < -0.39 is 0 Å². The van der Waals surface area contributed by atoms with E-state index in [0.717, 1.165) is 86.2 Å². The van der Waals surface area contributed by atoms with Crippen molar-refractivity contribution in [2.24, 2.45) is 0 Å². The number of aliphatic hydroxyl groups excluding tert-OH is 1. The number of rotatable bonds is 15. The lowest BCUT2D eigenvalue weighted by Crippen LogP contribution is -2.36. The van der Waals surface area contributed by atoms with Crippen molar-refractivity contribution in [3.05, 3.63) is 111 Å². The van der Waals surface area contributed by atoms with Crippen molar-refractivity contribution in [2.45, 2.75) is 83.3 Å². The second kappa shape index (κ2) is 18.2. The summed E-state index contributed by atoms with van der Waals surface area (Å²) in [5.74, 6) is 2.04. The Bertz CT molecular complexity index is 2100. The highest BCUT2D eigenvalue weighted by Gasteiger charge is 2.29. The molecule has 1 amide bonds. The molecule has 0 unspecified atom stereocenters. The molecule has 56 heavy (non-hydrogen) atoms. The Balaban J connectivity index is 1.07. The SMILES string of the molecule is Cc1c(OCCCN2CCC(O)CC2)cccc1-c1cccc2c1CC[C@@H]2Oc1cc(OCc2cc(C#N)cc(C#N)c2)c(CNC[C@H]2CCC(=O)N2)cc1Cl.